The third-order valence-corrected chi connectivity index (χ3v) is 4.86. The summed E-state index contributed by atoms with van der Waals surface area (Å²) in [7, 11) is 0. The molecule has 1 N–H and O–H groups in total. The number of ether oxygens (including phenoxy) is 1. The number of para-hydroxylation sites is 1. The van der Waals surface area contributed by atoms with Gasteiger partial charge in [-0.1, -0.05) is 66.2 Å². The van der Waals surface area contributed by atoms with Gasteiger partial charge in [0.15, 0.2) is 0 Å². The highest BCUT2D eigenvalue weighted by Gasteiger charge is 2.37. The van der Waals surface area contributed by atoms with Crippen molar-refractivity contribution in [1.29, 1.82) is 0 Å². The number of nitrogens with zero attached hydrogens (tertiary/aromatic N) is 1. The van der Waals surface area contributed by atoms with E-state index in [9.17, 15) is 14.4 Å². The molecule has 3 aromatic carbocycles. The van der Waals surface area contributed by atoms with Crippen LogP contribution in [0.15, 0.2) is 84.4 Å². The molecule has 0 spiro atoms. The standard InChI is InChI=1S/C24H17ClN2O4/c25-18-10-6-11-19(14-18)27-23(29)20(22(28)26-24(27)30)13-17-9-4-5-12-21(17)31-15-16-7-2-1-3-8-16/h1-14H,15H2,(H,26,28,30). The summed E-state index contributed by atoms with van der Waals surface area (Å²) in [5.74, 6) is -1.01. The van der Waals surface area contributed by atoms with E-state index in [1.165, 1.54) is 12.1 Å². The van der Waals surface area contributed by atoms with Gasteiger partial charge in [-0.15, -0.1) is 0 Å². The predicted octanol–water partition coefficient (Wildman–Crippen LogP) is 4.59. The van der Waals surface area contributed by atoms with Crippen molar-refractivity contribution in [1.82, 2.24) is 5.32 Å². The van der Waals surface area contributed by atoms with E-state index >= 15 is 0 Å². The maximum atomic E-state index is 13.0. The van der Waals surface area contributed by atoms with Crippen molar-refractivity contribution < 1.29 is 19.1 Å². The SMILES string of the molecule is O=C1NC(=O)N(c2cccc(Cl)c2)C(=O)C1=Cc1ccccc1OCc1ccccc1. The number of carbonyl (C=O) groups excluding carboxylic acids is 3. The van der Waals surface area contributed by atoms with Gasteiger partial charge < -0.3 is 4.74 Å². The maximum Gasteiger partial charge on any atom is 0.335 e. The number of hydrogen-bond donors (Lipinski definition) is 1. The fraction of sp³-hybridized carbons (Fsp3) is 0.0417. The zero-order valence-corrected chi connectivity index (χ0v) is 17.0. The first-order valence-electron chi connectivity index (χ1n) is 9.46. The lowest BCUT2D eigenvalue weighted by Gasteiger charge is -2.26. The molecule has 154 valence electrons. The Morgan fingerprint density at radius 3 is 2.42 bits per heavy atom. The predicted molar refractivity (Wildman–Crippen MR) is 118 cm³/mol. The second-order valence-corrected chi connectivity index (χ2v) is 7.19. The van der Waals surface area contributed by atoms with Gasteiger partial charge >= 0.3 is 6.03 Å². The Hall–Kier alpha value is -3.90. The largest absolute Gasteiger partial charge is 0.488 e. The molecule has 4 rings (SSSR count). The number of barbiturate groups is 1. The zero-order chi connectivity index (χ0) is 21.8. The van der Waals surface area contributed by atoms with E-state index in [0.717, 1.165) is 10.5 Å². The quantitative estimate of drug-likeness (QED) is 0.472. The Morgan fingerprint density at radius 1 is 0.903 bits per heavy atom. The summed E-state index contributed by atoms with van der Waals surface area (Å²) >= 11 is 5.99. The van der Waals surface area contributed by atoms with Gasteiger partial charge in [-0.05, 0) is 35.9 Å². The lowest BCUT2D eigenvalue weighted by atomic mass is 10.1. The van der Waals surface area contributed by atoms with E-state index in [2.05, 4.69) is 5.32 Å². The number of benzene rings is 3. The summed E-state index contributed by atoms with van der Waals surface area (Å²) < 4.78 is 5.90. The second-order valence-electron chi connectivity index (χ2n) is 6.75. The lowest BCUT2D eigenvalue weighted by Crippen LogP contribution is -2.54. The van der Waals surface area contributed by atoms with Gasteiger partial charge in [0.05, 0.1) is 5.69 Å². The molecule has 1 saturated heterocycles. The molecule has 0 radical (unpaired) electrons. The molecular formula is C24H17ClN2O4. The molecule has 0 aromatic heterocycles. The Bertz CT molecular complexity index is 1190. The molecule has 0 atom stereocenters. The first kappa shape index (κ1) is 20.4. The topological polar surface area (TPSA) is 75.7 Å². The summed E-state index contributed by atoms with van der Waals surface area (Å²) in [5, 5.41) is 2.56. The highest BCUT2D eigenvalue weighted by atomic mass is 35.5. The van der Waals surface area contributed by atoms with Crippen LogP contribution in [0.2, 0.25) is 5.02 Å². The van der Waals surface area contributed by atoms with Crippen LogP contribution in [-0.4, -0.2) is 17.8 Å². The molecule has 0 bridgehead atoms. The van der Waals surface area contributed by atoms with Gasteiger partial charge in [-0.25, -0.2) is 9.69 Å². The summed E-state index contributed by atoms with van der Waals surface area (Å²) in [6, 6.07) is 22.1. The molecule has 1 aliphatic heterocycles. The molecule has 0 saturated carbocycles. The van der Waals surface area contributed by atoms with Crippen molar-refractivity contribution in [2.45, 2.75) is 6.61 Å². The number of hydrogen-bond acceptors (Lipinski definition) is 4. The van der Waals surface area contributed by atoms with Crippen molar-refractivity contribution in [2.75, 3.05) is 4.90 Å². The Balaban J connectivity index is 1.65. The maximum absolute atomic E-state index is 13.0. The molecule has 1 heterocycles. The fourth-order valence-electron chi connectivity index (χ4n) is 3.13. The van der Waals surface area contributed by atoms with Crippen LogP contribution in [0.3, 0.4) is 0 Å². The molecule has 31 heavy (non-hydrogen) atoms. The summed E-state index contributed by atoms with van der Waals surface area (Å²) in [4.78, 5) is 38.7. The smallest absolute Gasteiger partial charge is 0.335 e. The Kier molecular flexibility index (Phi) is 5.82. The van der Waals surface area contributed by atoms with E-state index in [0.29, 0.717) is 22.9 Å². The minimum atomic E-state index is -0.831. The van der Waals surface area contributed by atoms with E-state index in [1.54, 1.807) is 42.5 Å². The van der Waals surface area contributed by atoms with Gasteiger partial charge in [0.1, 0.15) is 17.9 Å². The van der Waals surface area contributed by atoms with Crippen LogP contribution in [0, 0.1) is 0 Å². The number of rotatable bonds is 5. The third-order valence-electron chi connectivity index (χ3n) is 4.62. The molecule has 1 aliphatic rings. The molecule has 1 fully saturated rings. The highest BCUT2D eigenvalue weighted by Crippen LogP contribution is 2.27. The number of carbonyl (C=O) groups is 3. The Labute approximate surface area is 183 Å². The Morgan fingerprint density at radius 2 is 1.65 bits per heavy atom. The average Bonchev–Trinajstić information content (AvgIpc) is 2.76. The fourth-order valence-corrected chi connectivity index (χ4v) is 3.31. The van der Waals surface area contributed by atoms with Crippen LogP contribution < -0.4 is 15.0 Å². The average molecular weight is 433 g/mol. The van der Waals surface area contributed by atoms with Crippen LogP contribution in [0.1, 0.15) is 11.1 Å². The molecule has 0 unspecified atom stereocenters. The van der Waals surface area contributed by atoms with Gasteiger partial charge in [-0.2, -0.15) is 0 Å². The van der Waals surface area contributed by atoms with Gasteiger partial charge in [0.25, 0.3) is 11.8 Å². The molecule has 6 nitrogen and oxygen atoms in total. The minimum Gasteiger partial charge on any atom is -0.488 e. The van der Waals surface area contributed by atoms with Crippen LogP contribution >= 0.6 is 11.6 Å². The molecule has 7 heteroatoms. The number of halogens is 1. The van der Waals surface area contributed by atoms with Crippen LogP contribution in [0.25, 0.3) is 6.08 Å². The summed E-state index contributed by atoms with van der Waals surface area (Å²) in [5.41, 5.74) is 1.60. The van der Waals surface area contributed by atoms with Crippen molar-refractivity contribution in [3.63, 3.8) is 0 Å². The second kappa shape index (κ2) is 8.85. The van der Waals surface area contributed by atoms with Gasteiger partial charge in [0, 0.05) is 10.6 Å². The van der Waals surface area contributed by atoms with Crippen molar-refractivity contribution >= 4 is 41.2 Å². The summed E-state index contributed by atoms with van der Waals surface area (Å²) in [6.45, 7) is 0.328. The third kappa shape index (κ3) is 4.49. The van der Waals surface area contributed by atoms with Crippen molar-refractivity contribution in [3.8, 4) is 5.75 Å². The summed E-state index contributed by atoms with van der Waals surface area (Å²) in [6.07, 6.45) is 1.42. The number of nitrogens with one attached hydrogen (secondary N) is 1. The number of amides is 4. The van der Waals surface area contributed by atoms with Gasteiger partial charge in [0.2, 0.25) is 0 Å². The first-order chi connectivity index (χ1) is 15.0. The van der Waals surface area contributed by atoms with Crippen LogP contribution in [0.4, 0.5) is 10.5 Å². The van der Waals surface area contributed by atoms with E-state index in [4.69, 9.17) is 16.3 Å². The van der Waals surface area contributed by atoms with E-state index in [-0.39, 0.29) is 11.3 Å². The number of urea groups is 1. The molecular weight excluding hydrogens is 416 g/mol. The molecule has 4 amide bonds. The number of anilines is 1. The zero-order valence-electron chi connectivity index (χ0n) is 16.2. The lowest BCUT2D eigenvalue weighted by molar-refractivity contribution is -0.122. The van der Waals surface area contributed by atoms with Gasteiger partial charge in [-0.3, -0.25) is 14.9 Å². The normalized spacial score (nSPS) is 15.2. The van der Waals surface area contributed by atoms with E-state index in [1.807, 2.05) is 30.3 Å². The van der Waals surface area contributed by atoms with Crippen molar-refractivity contribution in [2.24, 2.45) is 0 Å². The number of imide groups is 2. The van der Waals surface area contributed by atoms with Crippen molar-refractivity contribution in [3.05, 3.63) is 101 Å². The monoisotopic (exact) mass is 432 g/mol. The first-order valence-corrected chi connectivity index (χ1v) is 9.83. The van der Waals surface area contributed by atoms with Crippen LogP contribution in [0.5, 0.6) is 5.75 Å². The minimum absolute atomic E-state index is 0.185. The van der Waals surface area contributed by atoms with E-state index < -0.39 is 17.8 Å². The highest BCUT2D eigenvalue weighted by molar-refractivity contribution is 6.39. The molecule has 3 aromatic rings. The molecule has 0 aliphatic carbocycles. The van der Waals surface area contributed by atoms with Crippen LogP contribution in [-0.2, 0) is 16.2 Å².